The van der Waals surface area contributed by atoms with Crippen molar-refractivity contribution in [2.75, 3.05) is 31.7 Å². The number of anilines is 1. The molecule has 15 nitrogen and oxygen atoms in total. The van der Waals surface area contributed by atoms with Crippen molar-refractivity contribution in [1.29, 1.82) is 0 Å². The first-order valence-electron chi connectivity index (χ1n) is 15.5. The fourth-order valence-corrected chi connectivity index (χ4v) is 5.24. The number of aryl methyl sites for hydroxylation is 1. The van der Waals surface area contributed by atoms with Gasteiger partial charge in [0.1, 0.15) is 41.9 Å². The third-order valence-electron chi connectivity index (χ3n) is 7.78. The van der Waals surface area contributed by atoms with Gasteiger partial charge < -0.3 is 34.5 Å². The molecule has 3 amide bonds. The van der Waals surface area contributed by atoms with Gasteiger partial charge in [0.2, 0.25) is 17.7 Å². The number of pyridine rings is 1. The monoisotopic (exact) mass is 661 g/mol. The standard InChI is InChI=1S/C33H39N7O8/c1-19-14-21(41)17-40(19)32(45)29(33(2,3)4)37-27(42)18-46-12-13-47-22-7-8-23(34-16-22)30(44)35-20-6-10-26-25(15-20)36-31(48-26)24-9-11-28(43)39(5)38-24/h6-11,15-16,19,21,29,41H,12-14,17-18H2,1-5H3,(H,35,44)(H,37,42)/t19-,21-,29-/m1/s1. The molecule has 0 bridgehead atoms. The molecule has 3 aromatic heterocycles. The lowest BCUT2D eigenvalue weighted by Crippen LogP contribution is -2.56. The molecule has 1 aliphatic rings. The maximum absolute atomic E-state index is 13.2. The van der Waals surface area contributed by atoms with E-state index in [9.17, 15) is 24.3 Å². The molecule has 4 aromatic rings. The summed E-state index contributed by atoms with van der Waals surface area (Å²) in [5, 5.41) is 19.7. The van der Waals surface area contributed by atoms with Crippen LogP contribution in [0, 0.1) is 5.41 Å². The fraction of sp³-hybridized carbons (Fsp3) is 0.424. The number of aliphatic hydroxyl groups is 1. The molecule has 4 heterocycles. The van der Waals surface area contributed by atoms with E-state index >= 15 is 0 Å². The minimum absolute atomic E-state index is 0.101. The van der Waals surface area contributed by atoms with E-state index in [-0.39, 0.29) is 55.5 Å². The van der Waals surface area contributed by atoms with Gasteiger partial charge in [-0.2, -0.15) is 5.10 Å². The number of carbonyl (C=O) groups is 3. The summed E-state index contributed by atoms with van der Waals surface area (Å²) in [6, 6.07) is 10.1. The lowest BCUT2D eigenvalue weighted by Gasteiger charge is -2.35. The van der Waals surface area contributed by atoms with Crippen LogP contribution in [0.1, 0.15) is 44.6 Å². The number of benzene rings is 1. The number of oxazole rings is 1. The Morgan fingerprint density at radius 1 is 1.12 bits per heavy atom. The molecule has 0 spiro atoms. The summed E-state index contributed by atoms with van der Waals surface area (Å²) in [4.78, 5) is 60.4. The number of hydrogen-bond acceptors (Lipinski definition) is 11. The highest BCUT2D eigenvalue weighted by Gasteiger charge is 2.40. The van der Waals surface area contributed by atoms with Crippen molar-refractivity contribution < 1.29 is 33.4 Å². The van der Waals surface area contributed by atoms with E-state index in [1.807, 2.05) is 27.7 Å². The molecule has 1 saturated heterocycles. The fourth-order valence-electron chi connectivity index (χ4n) is 5.24. The van der Waals surface area contributed by atoms with Crippen LogP contribution in [-0.2, 0) is 21.4 Å². The van der Waals surface area contributed by atoms with Crippen molar-refractivity contribution in [3.63, 3.8) is 0 Å². The maximum atomic E-state index is 13.2. The number of rotatable bonds is 11. The first kappa shape index (κ1) is 34.2. The first-order valence-corrected chi connectivity index (χ1v) is 15.5. The third-order valence-corrected chi connectivity index (χ3v) is 7.78. The lowest BCUT2D eigenvalue weighted by atomic mass is 9.85. The number of amides is 3. The Balaban J connectivity index is 1.07. The number of β-amino-alcohol motifs (C(OH)–C–C–N with tert-alkyl or cyclic N) is 1. The van der Waals surface area contributed by atoms with Gasteiger partial charge in [-0.05, 0) is 55.2 Å². The molecule has 3 N–H and O–H groups in total. The van der Waals surface area contributed by atoms with Crippen molar-refractivity contribution in [2.24, 2.45) is 12.5 Å². The summed E-state index contributed by atoms with van der Waals surface area (Å²) in [6.07, 6.45) is 1.35. The number of nitrogens with one attached hydrogen (secondary N) is 2. The number of likely N-dealkylation sites (tertiary alicyclic amines) is 1. The molecule has 15 heteroatoms. The summed E-state index contributed by atoms with van der Waals surface area (Å²) in [5.74, 6) is -0.456. The van der Waals surface area contributed by atoms with Crippen LogP contribution in [0.5, 0.6) is 5.75 Å². The Kier molecular flexibility index (Phi) is 10.2. The Hall–Kier alpha value is -5.15. The number of hydrogen-bond donors (Lipinski definition) is 3. The predicted octanol–water partition coefficient (Wildman–Crippen LogP) is 2.14. The van der Waals surface area contributed by atoms with Crippen LogP contribution in [0.25, 0.3) is 22.7 Å². The van der Waals surface area contributed by atoms with Gasteiger partial charge in [0, 0.05) is 31.4 Å². The van der Waals surface area contributed by atoms with Crippen LogP contribution in [0.3, 0.4) is 0 Å². The topological polar surface area (TPSA) is 191 Å². The second kappa shape index (κ2) is 14.3. The Morgan fingerprint density at radius 3 is 2.58 bits per heavy atom. The van der Waals surface area contributed by atoms with E-state index in [1.165, 1.54) is 36.1 Å². The smallest absolute Gasteiger partial charge is 0.274 e. The predicted molar refractivity (Wildman–Crippen MR) is 174 cm³/mol. The molecule has 1 fully saturated rings. The summed E-state index contributed by atoms with van der Waals surface area (Å²) in [7, 11) is 1.53. The maximum Gasteiger partial charge on any atom is 0.274 e. The van der Waals surface area contributed by atoms with Gasteiger partial charge in [0.05, 0.1) is 18.9 Å². The normalized spacial score (nSPS) is 16.9. The summed E-state index contributed by atoms with van der Waals surface area (Å²) >= 11 is 0. The molecule has 1 aliphatic heterocycles. The molecule has 0 saturated carbocycles. The number of aromatic nitrogens is 4. The zero-order valence-corrected chi connectivity index (χ0v) is 27.4. The quantitative estimate of drug-likeness (QED) is 0.200. The van der Waals surface area contributed by atoms with Crippen LogP contribution in [0.2, 0.25) is 0 Å². The Bertz CT molecular complexity index is 1850. The first-order chi connectivity index (χ1) is 22.8. The summed E-state index contributed by atoms with van der Waals surface area (Å²) in [6.45, 7) is 7.70. The molecule has 0 unspecified atom stereocenters. The van der Waals surface area contributed by atoms with E-state index in [0.29, 0.717) is 34.7 Å². The van der Waals surface area contributed by atoms with Gasteiger partial charge in [-0.1, -0.05) is 20.8 Å². The van der Waals surface area contributed by atoms with E-state index < -0.39 is 29.4 Å². The third kappa shape index (κ3) is 8.22. The van der Waals surface area contributed by atoms with Crippen molar-refractivity contribution >= 4 is 34.5 Å². The number of nitrogens with zero attached hydrogens (tertiary/aromatic N) is 5. The van der Waals surface area contributed by atoms with E-state index in [1.54, 1.807) is 29.2 Å². The van der Waals surface area contributed by atoms with Gasteiger partial charge >= 0.3 is 0 Å². The number of ether oxygens (including phenoxy) is 2. The van der Waals surface area contributed by atoms with Crippen molar-refractivity contribution in [3.05, 3.63) is 64.7 Å². The molecule has 5 rings (SSSR count). The zero-order chi connectivity index (χ0) is 34.6. The number of aliphatic hydroxyl groups excluding tert-OH is 1. The zero-order valence-electron chi connectivity index (χ0n) is 27.4. The molecule has 254 valence electrons. The van der Waals surface area contributed by atoms with Gasteiger partial charge in [0.15, 0.2) is 5.58 Å². The van der Waals surface area contributed by atoms with E-state index in [0.717, 1.165) is 0 Å². The minimum Gasteiger partial charge on any atom is -0.490 e. The highest BCUT2D eigenvalue weighted by atomic mass is 16.5. The largest absolute Gasteiger partial charge is 0.490 e. The van der Waals surface area contributed by atoms with Crippen LogP contribution < -0.4 is 20.9 Å². The molecule has 0 aliphatic carbocycles. The molecular formula is C33H39N7O8. The van der Waals surface area contributed by atoms with Crippen molar-refractivity contribution in [3.8, 4) is 17.3 Å². The van der Waals surface area contributed by atoms with Crippen molar-refractivity contribution in [2.45, 2.75) is 52.3 Å². The number of carbonyl (C=O) groups excluding carboxylic acids is 3. The van der Waals surface area contributed by atoms with Gasteiger partial charge in [0.25, 0.3) is 11.5 Å². The molecule has 3 atom stereocenters. The highest BCUT2D eigenvalue weighted by Crippen LogP contribution is 2.27. The van der Waals surface area contributed by atoms with Gasteiger partial charge in [-0.15, -0.1) is 0 Å². The molecule has 48 heavy (non-hydrogen) atoms. The van der Waals surface area contributed by atoms with Crippen molar-refractivity contribution in [1.82, 2.24) is 30.0 Å². The molecular weight excluding hydrogens is 622 g/mol. The van der Waals surface area contributed by atoms with Gasteiger partial charge in [-0.3, -0.25) is 19.2 Å². The van der Waals surface area contributed by atoms with Crippen LogP contribution in [-0.4, -0.2) is 92.0 Å². The average Bonchev–Trinajstić information content (AvgIpc) is 3.62. The minimum atomic E-state index is -0.770. The second-order valence-corrected chi connectivity index (χ2v) is 12.7. The Labute approximate surface area is 276 Å². The summed E-state index contributed by atoms with van der Waals surface area (Å²) in [5.41, 5.74) is 1.22. The SMILES string of the molecule is C[C@@H]1C[C@@H](O)CN1C(=O)[C@@H](NC(=O)COCCOc1ccc(C(=O)Nc2ccc3oc(-c4ccc(=O)n(C)n4)nc3c2)nc1)C(C)(C)C. The second-order valence-electron chi connectivity index (χ2n) is 12.7. The molecule has 0 radical (unpaired) electrons. The van der Waals surface area contributed by atoms with Crippen LogP contribution in [0.4, 0.5) is 5.69 Å². The number of fused-ring (bicyclic) bond motifs is 1. The van der Waals surface area contributed by atoms with Crippen LogP contribution in [0.15, 0.2) is 57.9 Å². The Morgan fingerprint density at radius 2 is 1.92 bits per heavy atom. The molecule has 1 aromatic carbocycles. The lowest BCUT2D eigenvalue weighted by molar-refractivity contribution is -0.141. The van der Waals surface area contributed by atoms with E-state index in [4.69, 9.17) is 13.9 Å². The summed E-state index contributed by atoms with van der Waals surface area (Å²) < 4.78 is 18.0. The van der Waals surface area contributed by atoms with E-state index in [2.05, 4.69) is 25.7 Å². The van der Waals surface area contributed by atoms with Crippen LogP contribution >= 0.6 is 0 Å². The van der Waals surface area contributed by atoms with Gasteiger partial charge in [-0.25, -0.2) is 14.6 Å². The average molecular weight is 662 g/mol. The highest BCUT2D eigenvalue weighted by molar-refractivity contribution is 6.03.